The van der Waals surface area contributed by atoms with Crippen LogP contribution in [-0.2, 0) is 51.2 Å². The molecule has 0 aliphatic rings. The van der Waals surface area contributed by atoms with Gasteiger partial charge in [-0.1, -0.05) is 79.9 Å². The SMILES string of the molecule is CNC(=O)CCCC(=O)N[C@H](Cc1ccccc1)C(=O)N[C@H](Cc1ccccc1)C(=O)NCCCCCCCC(=O)NCCCC[C@H](NC(=O)N[C@@H](CCC(=O)O)C(=O)O)C(=O)O. The molecule has 0 aromatic heterocycles. The summed E-state index contributed by atoms with van der Waals surface area (Å²) in [7, 11) is 1.52. The fourth-order valence-corrected chi connectivity index (χ4v) is 6.40. The molecule has 2 aromatic rings. The molecule has 2 aromatic carbocycles. The summed E-state index contributed by atoms with van der Waals surface area (Å²) in [6, 6.07) is 12.7. The molecule has 0 spiro atoms. The predicted molar refractivity (Wildman–Crippen MR) is 231 cm³/mol. The Hall–Kier alpha value is -6.53. The van der Waals surface area contributed by atoms with Crippen LogP contribution in [0.2, 0.25) is 0 Å². The summed E-state index contributed by atoms with van der Waals surface area (Å²) in [5.74, 6) is -5.62. The van der Waals surface area contributed by atoms with Gasteiger partial charge in [-0.25, -0.2) is 14.4 Å². The third kappa shape index (κ3) is 23.9. The number of unbranched alkanes of at least 4 members (excludes halogenated alkanes) is 5. The Kier molecular flexibility index (Phi) is 25.5. The van der Waals surface area contributed by atoms with Crippen LogP contribution in [-0.4, -0.2) is 113 Å². The van der Waals surface area contributed by atoms with Crippen molar-refractivity contribution in [1.29, 1.82) is 0 Å². The molecule has 0 aliphatic carbocycles. The first-order chi connectivity index (χ1) is 30.2. The topological polar surface area (TPSA) is 299 Å². The highest BCUT2D eigenvalue weighted by atomic mass is 16.4. The van der Waals surface area contributed by atoms with Gasteiger partial charge in [-0.05, 0) is 56.1 Å². The van der Waals surface area contributed by atoms with E-state index in [1.807, 2.05) is 60.7 Å². The van der Waals surface area contributed by atoms with Crippen molar-refractivity contribution in [1.82, 2.24) is 37.2 Å². The molecule has 0 fully saturated rings. The third-order valence-corrected chi connectivity index (χ3v) is 9.91. The molecule has 7 amide bonds. The van der Waals surface area contributed by atoms with E-state index in [9.17, 15) is 53.4 Å². The smallest absolute Gasteiger partial charge is 0.326 e. The predicted octanol–water partition coefficient (Wildman–Crippen LogP) is 2.17. The number of carboxylic acid groups (broad SMARTS) is 3. The van der Waals surface area contributed by atoms with Gasteiger partial charge >= 0.3 is 23.9 Å². The van der Waals surface area contributed by atoms with E-state index in [1.54, 1.807) is 0 Å². The van der Waals surface area contributed by atoms with Gasteiger partial charge < -0.3 is 52.5 Å². The Morgan fingerprint density at radius 3 is 1.52 bits per heavy atom. The second-order valence-electron chi connectivity index (χ2n) is 15.1. The van der Waals surface area contributed by atoms with E-state index in [0.29, 0.717) is 51.6 Å². The van der Waals surface area contributed by atoms with Crippen LogP contribution >= 0.6 is 0 Å². The number of nitrogens with one attached hydrogen (secondary N) is 7. The third-order valence-electron chi connectivity index (χ3n) is 9.91. The highest BCUT2D eigenvalue weighted by Crippen LogP contribution is 2.10. The number of benzene rings is 2. The maximum absolute atomic E-state index is 13.7. The lowest BCUT2D eigenvalue weighted by atomic mass is 10.0. The lowest BCUT2D eigenvalue weighted by Gasteiger charge is -2.23. The Morgan fingerprint density at radius 2 is 0.952 bits per heavy atom. The Labute approximate surface area is 367 Å². The van der Waals surface area contributed by atoms with Crippen LogP contribution in [0.1, 0.15) is 101 Å². The van der Waals surface area contributed by atoms with E-state index in [2.05, 4.69) is 37.2 Å². The number of hydrogen-bond acceptors (Lipinski definition) is 9. The maximum atomic E-state index is 13.7. The second kappa shape index (κ2) is 30.5. The number of carbonyl (C=O) groups is 9. The van der Waals surface area contributed by atoms with Crippen LogP contribution < -0.4 is 37.2 Å². The molecule has 346 valence electrons. The molecule has 0 unspecified atom stereocenters. The number of aliphatic carboxylic acids is 3. The number of rotatable bonds is 32. The molecular weight excluding hydrogens is 819 g/mol. The standard InChI is InChI=1S/C44H63N7O12/c1-45-36(52)22-15-23-38(54)48-35(29-31-18-9-6-10-19-31)41(58)49-34(28-30-16-7-5-8-17-30)40(57)47-27-13-4-2-3-11-21-37(53)46-26-14-12-20-32(42(59)60)50-44(63)51-33(43(61)62)24-25-39(55)56/h5-10,16-19,32-35H,2-4,11-15,20-29H2,1H3,(H,45,52)(H,46,53)(H,47,57)(H,48,54)(H,49,58)(H,55,56)(H,59,60)(H,61,62)(H2,50,51,63)/t32-,33-,34+,35+/m0/s1. The summed E-state index contributed by atoms with van der Waals surface area (Å²) in [5, 5.41) is 45.5. The Bertz CT molecular complexity index is 1780. The molecular formula is C44H63N7O12. The highest BCUT2D eigenvalue weighted by molar-refractivity contribution is 5.92. The molecule has 19 nitrogen and oxygen atoms in total. The molecule has 0 saturated heterocycles. The van der Waals surface area contributed by atoms with Crippen molar-refractivity contribution in [2.45, 2.75) is 127 Å². The van der Waals surface area contributed by atoms with Crippen molar-refractivity contribution in [3.8, 4) is 0 Å². The van der Waals surface area contributed by atoms with E-state index in [-0.39, 0.29) is 62.2 Å². The first-order valence-electron chi connectivity index (χ1n) is 21.4. The van der Waals surface area contributed by atoms with Crippen LogP contribution in [0.15, 0.2) is 60.7 Å². The first kappa shape index (κ1) is 52.6. The number of hydrogen-bond donors (Lipinski definition) is 10. The average molecular weight is 882 g/mol. The molecule has 63 heavy (non-hydrogen) atoms. The van der Waals surface area contributed by atoms with Gasteiger partial charge in [0.25, 0.3) is 0 Å². The van der Waals surface area contributed by atoms with Crippen LogP contribution in [0.5, 0.6) is 0 Å². The van der Waals surface area contributed by atoms with Crippen LogP contribution in [0.25, 0.3) is 0 Å². The molecule has 2 rings (SSSR count). The summed E-state index contributed by atoms with van der Waals surface area (Å²) in [5.41, 5.74) is 1.66. The summed E-state index contributed by atoms with van der Waals surface area (Å²) in [4.78, 5) is 110. The van der Waals surface area contributed by atoms with Gasteiger partial charge in [-0.3, -0.25) is 28.8 Å². The number of carboxylic acids is 3. The average Bonchev–Trinajstić information content (AvgIpc) is 3.25. The highest BCUT2D eigenvalue weighted by Gasteiger charge is 2.28. The van der Waals surface area contributed by atoms with Gasteiger partial charge in [-0.2, -0.15) is 0 Å². The second-order valence-corrected chi connectivity index (χ2v) is 15.1. The number of amides is 7. The summed E-state index contributed by atoms with van der Waals surface area (Å²) in [6.07, 6.45) is 4.90. The quantitative estimate of drug-likeness (QED) is 0.0473. The van der Waals surface area contributed by atoms with Gasteiger partial charge in [0.05, 0.1) is 0 Å². The van der Waals surface area contributed by atoms with E-state index < -0.39 is 60.4 Å². The van der Waals surface area contributed by atoms with Gasteiger partial charge in [-0.15, -0.1) is 0 Å². The zero-order valence-corrected chi connectivity index (χ0v) is 35.8. The summed E-state index contributed by atoms with van der Waals surface area (Å²) in [6.45, 7) is 0.663. The van der Waals surface area contributed by atoms with Crippen molar-refractivity contribution < 1.29 is 58.5 Å². The minimum Gasteiger partial charge on any atom is -0.481 e. The van der Waals surface area contributed by atoms with Crippen LogP contribution in [0.4, 0.5) is 4.79 Å². The van der Waals surface area contributed by atoms with E-state index in [1.165, 1.54) is 7.05 Å². The Morgan fingerprint density at radius 1 is 0.460 bits per heavy atom. The van der Waals surface area contributed by atoms with E-state index in [0.717, 1.165) is 30.4 Å². The molecule has 19 heteroatoms. The molecule has 0 saturated carbocycles. The largest absolute Gasteiger partial charge is 0.481 e. The minimum atomic E-state index is -1.50. The van der Waals surface area contributed by atoms with E-state index in [4.69, 9.17) is 5.11 Å². The molecule has 0 bridgehead atoms. The first-order valence-corrected chi connectivity index (χ1v) is 21.4. The zero-order valence-electron chi connectivity index (χ0n) is 35.8. The van der Waals surface area contributed by atoms with E-state index >= 15 is 0 Å². The molecule has 0 aliphatic heterocycles. The minimum absolute atomic E-state index is 0.0203. The van der Waals surface area contributed by atoms with Crippen LogP contribution in [0.3, 0.4) is 0 Å². The van der Waals surface area contributed by atoms with Gasteiger partial charge in [0.1, 0.15) is 24.2 Å². The number of carbonyl (C=O) groups excluding carboxylic acids is 6. The maximum Gasteiger partial charge on any atom is 0.326 e. The van der Waals surface area contributed by atoms with Crippen LogP contribution in [0, 0.1) is 0 Å². The Balaban J connectivity index is 1.75. The van der Waals surface area contributed by atoms with Crippen molar-refractivity contribution >= 4 is 53.5 Å². The lowest BCUT2D eigenvalue weighted by molar-refractivity contribution is -0.141. The van der Waals surface area contributed by atoms with Crippen molar-refractivity contribution in [2.24, 2.45) is 0 Å². The fourth-order valence-electron chi connectivity index (χ4n) is 6.40. The van der Waals surface area contributed by atoms with Crippen molar-refractivity contribution in [3.63, 3.8) is 0 Å². The van der Waals surface area contributed by atoms with Gasteiger partial charge in [0, 0.05) is 58.7 Å². The van der Waals surface area contributed by atoms with Gasteiger partial charge in [0.15, 0.2) is 0 Å². The normalized spacial score (nSPS) is 12.6. The lowest BCUT2D eigenvalue weighted by Crippen LogP contribution is -2.55. The van der Waals surface area contributed by atoms with Gasteiger partial charge in [0.2, 0.25) is 29.5 Å². The molecule has 10 N–H and O–H groups in total. The zero-order chi connectivity index (χ0) is 46.4. The summed E-state index contributed by atoms with van der Waals surface area (Å²) < 4.78 is 0. The number of urea groups is 1. The molecule has 0 radical (unpaired) electrons. The monoisotopic (exact) mass is 881 g/mol. The molecule has 4 atom stereocenters. The van der Waals surface area contributed by atoms with Crippen molar-refractivity contribution in [3.05, 3.63) is 71.8 Å². The fraction of sp³-hybridized carbons (Fsp3) is 0.523. The van der Waals surface area contributed by atoms with Crippen molar-refractivity contribution in [2.75, 3.05) is 20.1 Å². The molecule has 0 heterocycles. The summed E-state index contributed by atoms with van der Waals surface area (Å²) >= 11 is 0.